The zero-order chi connectivity index (χ0) is 27.7. The Morgan fingerprint density at radius 2 is 1.67 bits per heavy atom. The average Bonchev–Trinajstić information content (AvgIpc) is 3.45. The second kappa shape index (κ2) is 6.94. The number of hydrogen-bond acceptors (Lipinski definition) is 10. The van der Waals surface area contributed by atoms with Crippen molar-refractivity contribution < 1.29 is 48.0 Å². The van der Waals surface area contributed by atoms with E-state index in [1.807, 2.05) is 27.7 Å². The highest BCUT2D eigenvalue weighted by Gasteiger charge is 2.83. The first-order chi connectivity index (χ1) is 18.2. The molecule has 8 fully saturated rings. The molecule has 10 heteroatoms. The van der Waals surface area contributed by atoms with Gasteiger partial charge >= 0.3 is 11.9 Å². The van der Waals surface area contributed by atoms with Gasteiger partial charge in [-0.15, -0.1) is 0 Å². The van der Waals surface area contributed by atoms with Crippen molar-refractivity contribution in [1.82, 2.24) is 0 Å². The van der Waals surface area contributed by atoms with E-state index >= 15 is 0 Å². The molecule has 6 saturated heterocycles. The van der Waals surface area contributed by atoms with Gasteiger partial charge in [0.15, 0.2) is 0 Å². The van der Waals surface area contributed by atoms with Crippen LogP contribution in [0.2, 0.25) is 0 Å². The molecule has 8 rings (SSSR count). The molecule has 14 atom stereocenters. The summed E-state index contributed by atoms with van der Waals surface area (Å²) in [5.74, 6) is -6.35. The molecule has 1 unspecified atom stereocenters. The monoisotopic (exact) mass is 544 g/mol. The summed E-state index contributed by atoms with van der Waals surface area (Å²) >= 11 is 0. The fourth-order valence-electron chi connectivity index (χ4n) is 10.8. The molecule has 2 bridgehead atoms. The number of hydrogen-bond donors (Lipinski definition) is 1. The highest BCUT2D eigenvalue weighted by atomic mass is 16.7. The SMILES string of the molecule is C[C@@H]1C(=O)O[C@H]2[C@@H]1OC13O[C@@]4(CC[C@]5(C)C(=O)[C@@H](C)[C@H]2[C@H]15)C[C@]12OC(=O)C[C@H]1OC(C)(C)[C@@H]2C[C@@H](O)[C@@H]4C3=O. The van der Waals surface area contributed by atoms with Gasteiger partial charge in [0.1, 0.15) is 29.7 Å². The summed E-state index contributed by atoms with van der Waals surface area (Å²) in [5.41, 5.74) is -3.91. The van der Waals surface area contributed by atoms with Gasteiger partial charge in [-0.1, -0.05) is 13.8 Å². The number of ether oxygens (including phenoxy) is 5. The Labute approximate surface area is 226 Å². The molecular formula is C29H36O10. The molecule has 3 spiro atoms. The van der Waals surface area contributed by atoms with E-state index in [9.17, 15) is 24.3 Å². The number of Topliss-reactive ketones (excluding diaryl/α,β-unsaturated/α-hetero) is 2. The maximum atomic E-state index is 14.8. The maximum absolute atomic E-state index is 14.8. The van der Waals surface area contributed by atoms with Crippen molar-refractivity contribution >= 4 is 23.5 Å². The number of ketones is 2. The first kappa shape index (κ1) is 24.9. The molecule has 1 N–H and O–H groups in total. The Hall–Kier alpha value is -1.88. The zero-order valence-corrected chi connectivity index (χ0v) is 22.9. The van der Waals surface area contributed by atoms with Gasteiger partial charge < -0.3 is 28.8 Å². The molecule has 0 aromatic heterocycles. The van der Waals surface area contributed by atoms with Crippen LogP contribution in [0.3, 0.4) is 0 Å². The van der Waals surface area contributed by atoms with Gasteiger partial charge in [-0.3, -0.25) is 19.2 Å². The second-order valence-corrected chi connectivity index (χ2v) is 14.4. The van der Waals surface area contributed by atoms with Crippen molar-refractivity contribution in [2.45, 2.75) is 114 Å². The lowest BCUT2D eigenvalue weighted by Gasteiger charge is -2.50. The molecule has 2 saturated carbocycles. The summed E-state index contributed by atoms with van der Waals surface area (Å²) in [5, 5.41) is 11.8. The quantitative estimate of drug-likeness (QED) is 0.447. The van der Waals surface area contributed by atoms with Crippen molar-refractivity contribution in [1.29, 1.82) is 0 Å². The van der Waals surface area contributed by atoms with Crippen LogP contribution < -0.4 is 0 Å². The summed E-state index contributed by atoms with van der Waals surface area (Å²) in [6, 6.07) is 0. The molecule has 39 heavy (non-hydrogen) atoms. The summed E-state index contributed by atoms with van der Waals surface area (Å²) in [6.45, 7) is 9.33. The van der Waals surface area contributed by atoms with E-state index < -0.39 is 88.0 Å². The first-order valence-corrected chi connectivity index (χ1v) is 14.5. The van der Waals surface area contributed by atoms with Crippen molar-refractivity contribution in [2.24, 2.45) is 40.9 Å². The third-order valence-corrected chi connectivity index (χ3v) is 12.3. The third-order valence-electron chi connectivity index (χ3n) is 12.3. The Morgan fingerprint density at radius 3 is 2.41 bits per heavy atom. The predicted molar refractivity (Wildman–Crippen MR) is 129 cm³/mol. The van der Waals surface area contributed by atoms with E-state index in [1.54, 1.807) is 6.92 Å². The number of carbonyl (C=O) groups is 4. The lowest BCUT2D eigenvalue weighted by atomic mass is 9.60. The van der Waals surface area contributed by atoms with Crippen LogP contribution in [-0.4, -0.2) is 75.6 Å². The molecule has 0 aromatic carbocycles. The van der Waals surface area contributed by atoms with E-state index in [0.717, 1.165) is 0 Å². The molecule has 0 radical (unpaired) electrons. The van der Waals surface area contributed by atoms with E-state index in [1.165, 1.54) is 0 Å². The lowest BCUT2D eigenvalue weighted by Crippen LogP contribution is -2.64. The Bertz CT molecular complexity index is 1240. The largest absolute Gasteiger partial charge is 0.459 e. The molecule has 0 amide bonds. The number of rotatable bonds is 0. The van der Waals surface area contributed by atoms with E-state index in [-0.39, 0.29) is 42.7 Å². The predicted octanol–water partition coefficient (Wildman–Crippen LogP) is 1.48. The van der Waals surface area contributed by atoms with Gasteiger partial charge in [-0.25, -0.2) is 0 Å². The normalized spacial score (nSPS) is 59.9. The van der Waals surface area contributed by atoms with Crippen molar-refractivity contribution in [3.05, 3.63) is 0 Å². The molecule has 6 heterocycles. The van der Waals surface area contributed by atoms with E-state index in [0.29, 0.717) is 12.8 Å². The second-order valence-electron chi connectivity index (χ2n) is 14.4. The van der Waals surface area contributed by atoms with Gasteiger partial charge in [0.2, 0.25) is 11.6 Å². The highest BCUT2D eigenvalue weighted by Crippen LogP contribution is 2.71. The zero-order valence-electron chi connectivity index (χ0n) is 22.9. The number of esters is 2. The highest BCUT2D eigenvalue weighted by molar-refractivity contribution is 5.97. The minimum Gasteiger partial charge on any atom is -0.459 e. The smallest absolute Gasteiger partial charge is 0.311 e. The minimum absolute atomic E-state index is 0.0225. The van der Waals surface area contributed by atoms with Crippen LogP contribution in [0.1, 0.15) is 66.7 Å². The molecule has 212 valence electrons. The summed E-state index contributed by atoms with van der Waals surface area (Å²) in [4.78, 5) is 54.1. The van der Waals surface area contributed by atoms with Gasteiger partial charge in [0, 0.05) is 35.5 Å². The number of fused-ring (bicyclic) bond motifs is 2. The Morgan fingerprint density at radius 1 is 0.923 bits per heavy atom. The Balaban J connectivity index is 1.32. The number of aliphatic hydroxyl groups excluding tert-OH is 1. The fourth-order valence-corrected chi connectivity index (χ4v) is 10.8. The lowest BCUT2D eigenvalue weighted by molar-refractivity contribution is -0.331. The van der Waals surface area contributed by atoms with Crippen molar-refractivity contribution in [3.8, 4) is 0 Å². The molecule has 2 aliphatic carbocycles. The van der Waals surface area contributed by atoms with Crippen LogP contribution >= 0.6 is 0 Å². The minimum atomic E-state index is -1.80. The standard InChI is InChI=1S/C29H36O10/c1-11-17-20-19(12(2)24(34)35-20)38-29-21(17)26(5,22(11)32)6-7-27(39-29)10-28-14(8-13(30)18(27)23(29)33)25(3,4)36-15(28)9-16(31)37-28/h11-15,17-21,30H,6-10H2,1-5H3/t11-,12-,13+,14-,15+,17+,18+,19+,20+,21-,26-,27-,28+,29?/m0/s1. The average molecular weight is 545 g/mol. The van der Waals surface area contributed by atoms with Gasteiger partial charge in [0.25, 0.3) is 0 Å². The summed E-state index contributed by atoms with van der Waals surface area (Å²) in [6.07, 6.45) is -1.75. The van der Waals surface area contributed by atoms with E-state index in [4.69, 9.17) is 23.7 Å². The van der Waals surface area contributed by atoms with Crippen LogP contribution in [0, 0.1) is 40.9 Å². The summed E-state index contributed by atoms with van der Waals surface area (Å²) in [7, 11) is 0. The fraction of sp³-hybridized carbons (Fsp3) is 0.862. The number of aliphatic hydroxyl groups is 1. The van der Waals surface area contributed by atoms with Gasteiger partial charge in [0.05, 0.1) is 35.6 Å². The van der Waals surface area contributed by atoms with Crippen LogP contribution in [0.5, 0.6) is 0 Å². The van der Waals surface area contributed by atoms with Crippen molar-refractivity contribution in [2.75, 3.05) is 0 Å². The van der Waals surface area contributed by atoms with Crippen LogP contribution in [0.4, 0.5) is 0 Å². The summed E-state index contributed by atoms with van der Waals surface area (Å²) < 4.78 is 32.0. The molecule has 8 aliphatic rings. The van der Waals surface area contributed by atoms with Gasteiger partial charge in [-0.2, -0.15) is 0 Å². The molecule has 10 nitrogen and oxygen atoms in total. The number of carbonyl (C=O) groups excluding carboxylic acids is 4. The molecule has 0 aromatic rings. The van der Waals surface area contributed by atoms with E-state index in [2.05, 4.69) is 0 Å². The van der Waals surface area contributed by atoms with Crippen LogP contribution in [0.15, 0.2) is 0 Å². The maximum Gasteiger partial charge on any atom is 0.311 e. The third kappa shape index (κ3) is 2.56. The first-order valence-electron chi connectivity index (χ1n) is 14.5. The molecular weight excluding hydrogens is 508 g/mol. The van der Waals surface area contributed by atoms with Gasteiger partial charge in [-0.05, 0) is 40.0 Å². The van der Waals surface area contributed by atoms with Crippen LogP contribution in [-0.2, 0) is 42.9 Å². The topological polar surface area (TPSA) is 135 Å². The van der Waals surface area contributed by atoms with Crippen molar-refractivity contribution in [3.63, 3.8) is 0 Å². The molecule has 6 aliphatic heterocycles. The Kier molecular flexibility index (Phi) is 4.43. The van der Waals surface area contributed by atoms with Crippen LogP contribution in [0.25, 0.3) is 0 Å².